The smallest absolute Gasteiger partial charge is 0.263 e. The summed E-state index contributed by atoms with van der Waals surface area (Å²) < 4.78 is 5.22. The van der Waals surface area contributed by atoms with Gasteiger partial charge in [-0.2, -0.15) is 0 Å². The fourth-order valence-electron chi connectivity index (χ4n) is 2.39. The Kier molecular flexibility index (Phi) is 4.66. The lowest BCUT2D eigenvalue weighted by atomic mass is 10.1. The van der Waals surface area contributed by atoms with Gasteiger partial charge in [-0.15, -0.1) is 0 Å². The molecule has 0 saturated heterocycles. The molecule has 2 N–H and O–H groups in total. The van der Waals surface area contributed by atoms with Crippen LogP contribution in [0.1, 0.15) is 32.3 Å². The van der Waals surface area contributed by atoms with Crippen molar-refractivity contribution in [3.8, 4) is 0 Å². The SMILES string of the molecule is Cc1ccc(Nc2nc(C)c(C(=O)NCc3ccco3)s2)c(C)c1. The Morgan fingerprint density at radius 2 is 2.08 bits per heavy atom. The van der Waals surface area contributed by atoms with E-state index in [0.717, 1.165) is 17.0 Å². The highest BCUT2D eigenvalue weighted by molar-refractivity contribution is 7.17. The molecule has 5 nitrogen and oxygen atoms in total. The summed E-state index contributed by atoms with van der Waals surface area (Å²) in [6, 6.07) is 9.81. The molecule has 0 bridgehead atoms. The van der Waals surface area contributed by atoms with E-state index in [1.165, 1.54) is 16.9 Å². The first-order chi connectivity index (χ1) is 11.5. The second-order valence-electron chi connectivity index (χ2n) is 5.64. The molecular weight excluding hydrogens is 322 g/mol. The number of carbonyl (C=O) groups excluding carboxylic acids is 1. The first-order valence-electron chi connectivity index (χ1n) is 7.65. The third kappa shape index (κ3) is 3.65. The Hall–Kier alpha value is -2.60. The van der Waals surface area contributed by atoms with Gasteiger partial charge in [0.15, 0.2) is 5.13 Å². The van der Waals surface area contributed by atoms with Crippen LogP contribution in [0.4, 0.5) is 10.8 Å². The molecule has 0 aliphatic rings. The minimum absolute atomic E-state index is 0.143. The highest BCUT2D eigenvalue weighted by atomic mass is 32.1. The van der Waals surface area contributed by atoms with E-state index in [1.807, 2.05) is 32.0 Å². The fourth-order valence-corrected chi connectivity index (χ4v) is 3.29. The number of thiazole rings is 1. The van der Waals surface area contributed by atoms with Crippen molar-refractivity contribution < 1.29 is 9.21 Å². The molecule has 0 atom stereocenters. The van der Waals surface area contributed by atoms with Crippen LogP contribution in [-0.4, -0.2) is 10.9 Å². The molecule has 0 fully saturated rings. The summed E-state index contributed by atoms with van der Waals surface area (Å²) in [5.74, 6) is 0.578. The van der Waals surface area contributed by atoms with Crippen LogP contribution >= 0.6 is 11.3 Å². The summed E-state index contributed by atoms with van der Waals surface area (Å²) in [6.45, 7) is 6.31. The van der Waals surface area contributed by atoms with E-state index in [4.69, 9.17) is 4.42 Å². The number of carbonyl (C=O) groups is 1. The molecule has 0 aliphatic carbocycles. The second kappa shape index (κ2) is 6.88. The van der Waals surface area contributed by atoms with Crippen LogP contribution in [0.2, 0.25) is 0 Å². The number of aryl methyl sites for hydroxylation is 3. The van der Waals surface area contributed by atoms with E-state index < -0.39 is 0 Å². The molecule has 0 aliphatic heterocycles. The summed E-state index contributed by atoms with van der Waals surface area (Å²) in [7, 11) is 0. The summed E-state index contributed by atoms with van der Waals surface area (Å²) in [4.78, 5) is 17.4. The van der Waals surface area contributed by atoms with Crippen LogP contribution in [0.3, 0.4) is 0 Å². The van der Waals surface area contributed by atoms with Gasteiger partial charge < -0.3 is 15.1 Å². The number of nitrogens with zero attached hydrogens (tertiary/aromatic N) is 1. The molecule has 3 rings (SSSR count). The Bertz CT molecular complexity index is 853. The van der Waals surface area contributed by atoms with Gasteiger partial charge in [0.2, 0.25) is 0 Å². The fraction of sp³-hybridized carbons (Fsp3) is 0.222. The minimum Gasteiger partial charge on any atom is -0.467 e. The lowest BCUT2D eigenvalue weighted by Gasteiger charge is -2.07. The maximum Gasteiger partial charge on any atom is 0.263 e. The van der Waals surface area contributed by atoms with Gasteiger partial charge in [0.1, 0.15) is 10.6 Å². The molecule has 24 heavy (non-hydrogen) atoms. The largest absolute Gasteiger partial charge is 0.467 e. The third-order valence-corrected chi connectivity index (χ3v) is 4.70. The van der Waals surface area contributed by atoms with E-state index in [-0.39, 0.29) is 5.91 Å². The predicted molar refractivity (Wildman–Crippen MR) is 95.9 cm³/mol. The summed E-state index contributed by atoms with van der Waals surface area (Å²) in [5.41, 5.74) is 4.07. The predicted octanol–water partition coefficient (Wildman–Crippen LogP) is 4.33. The number of hydrogen-bond donors (Lipinski definition) is 2. The molecule has 2 aromatic heterocycles. The van der Waals surface area contributed by atoms with E-state index in [9.17, 15) is 4.79 Å². The number of benzene rings is 1. The Morgan fingerprint density at radius 1 is 1.25 bits per heavy atom. The number of aromatic nitrogens is 1. The second-order valence-corrected chi connectivity index (χ2v) is 6.64. The first kappa shape index (κ1) is 16.3. The summed E-state index contributed by atoms with van der Waals surface area (Å²) in [6.07, 6.45) is 1.59. The van der Waals surface area contributed by atoms with Gasteiger partial charge in [0, 0.05) is 5.69 Å². The molecule has 1 amide bonds. The summed E-state index contributed by atoms with van der Waals surface area (Å²) in [5, 5.41) is 6.85. The van der Waals surface area contributed by atoms with Crippen molar-refractivity contribution in [3.05, 3.63) is 64.1 Å². The molecule has 3 aromatic rings. The van der Waals surface area contributed by atoms with E-state index in [1.54, 1.807) is 12.3 Å². The van der Waals surface area contributed by atoms with Crippen LogP contribution in [0.25, 0.3) is 0 Å². The van der Waals surface area contributed by atoms with Gasteiger partial charge in [-0.25, -0.2) is 4.98 Å². The van der Waals surface area contributed by atoms with Crippen molar-refractivity contribution >= 4 is 28.1 Å². The van der Waals surface area contributed by atoms with Crippen LogP contribution in [0.5, 0.6) is 0 Å². The maximum atomic E-state index is 12.3. The lowest BCUT2D eigenvalue weighted by Crippen LogP contribution is -2.22. The third-order valence-electron chi connectivity index (χ3n) is 3.63. The average molecular weight is 341 g/mol. The van der Waals surface area contributed by atoms with Gasteiger partial charge in [0.25, 0.3) is 5.91 Å². The van der Waals surface area contributed by atoms with Gasteiger partial charge in [-0.05, 0) is 44.5 Å². The zero-order valence-corrected chi connectivity index (χ0v) is 14.7. The molecule has 0 saturated carbocycles. The first-order valence-corrected chi connectivity index (χ1v) is 8.47. The van der Waals surface area contributed by atoms with Gasteiger partial charge in [-0.1, -0.05) is 29.0 Å². The van der Waals surface area contributed by atoms with Gasteiger partial charge in [0.05, 0.1) is 18.5 Å². The quantitative estimate of drug-likeness (QED) is 0.724. The van der Waals surface area contributed by atoms with Crippen LogP contribution in [0, 0.1) is 20.8 Å². The molecule has 0 spiro atoms. The molecule has 6 heteroatoms. The van der Waals surface area contributed by atoms with Crippen LogP contribution in [0.15, 0.2) is 41.0 Å². The highest BCUT2D eigenvalue weighted by Crippen LogP contribution is 2.27. The number of nitrogens with one attached hydrogen (secondary N) is 2. The number of hydrogen-bond acceptors (Lipinski definition) is 5. The lowest BCUT2D eigenvalue weighted by molar-refractivity contribution is 0.0951. The molecular formula is C18H19N3O2S. The average Bonchev–Trinajstić information content (AvgIpc) is 3.17. The summed E-state index contributed by atoms with van der Waals surface area (Å²) >= 11 is 1.35. The van der Waals surface area contributed by atoms with Crippen molar-refractivity contribution in [1.82, 2.24) is 10.3 Å². The van der Waals surface area contributed by atoms with Crippen molar-refractivity contribution in [3.63, 3.8) is 0 Å². The minimum atomic E-state index is -0.143. The van der Waals surface area contributed by atoms with Crippen molar-refractivity contribution in [2.24, 2.45) is 0 Å². The number of amides is 1. The number of furan rings is 1. The molecule has 0 unspecified atom stereocenters. The van der Waals surface area contributed by atoms with E-state index in [0.29, 0.717) is 22.2 Å². The van der Waals surface area contributed by atoms with Crippen LogP contribution < -0.4 is 10.6 Å². The topological polar surface area (TPSA) is 67.2 Å². The van der Waals surface area contributed by atoms with Gasteiger partial charge >= 0.3 is 0 Å². The van der Waals surface area contributed by atoms with E-state index in [2.05, 4.69) is 28.6 Å². The normalized spacial score (nSPS) is 10.6. The van der Waals surface area contributed by atoms with Crippen molar-refractivity contribution in [2.45, 2.75) is 27.3 Å². The van der Waals surface area contributed by atoms with Crippen LogP contribution in [-0.2, 0) is 6.54 Å². The Morgan fingerprint density at radius 3 is 2.79 bits per heavy atom. The molecule has 124 valence electrons. The zero-order chi connectivity index (χ0) is 17.1. The standard InChI is InChI=1S/C18H19N3O2S/c1-11-6-7-15(12(2)9-11)21-18-20-13(3)16(24-18)17(22)19-10-14-5-4-8-23-14/h4-9H,10H2,1-3H3,(H,19,22)(H,20,21). The van der Waals surface area contributed by atoms with Crippen molar-refractivity contribution in [2.75, 3.05) is 5.32 Å². The number of rotatable bonds is 5. The monoisotopic (exact) mass is 341 g/mol. The van der Waals surface area contributed by atoms with E-state index >= 15 is 0 Å². The maximum absolute atomic E-state index is 12.3. The Balaban J connectivity index is 1.71. The van der Waals surface area contributed by atoms with Gasteiger partial charge in [-0.3, -0.25) is 4.79 Å². The Labute approximate surface area is 144 Å². The highest BCUT2D eigenvalue weighted by Gasteiger charge is 2.16. The van der Waals surface area contributed by atoms with Crippen molar-refractivity contribution in [1.29, 1.82) is 0 Å². The number of anilines is 2. The molecule has 1 aromatic carbocycles. The molecule has 0 radical (unpaired) electrons. The molecule has 2 heterocycles. The zero-order valence-electron chi connectivity index (χ0n) is 13.8.